The lowest BCUT2D eigenvalue weighted by Gasteiger charge is -2.09. The van der Waals surface area contributed by atoms with E-state index in [4.69, 9.17) is 9.47 Å². The van der Waals surface area contributed by atoms with Crippen LogP contribution >= 0.6 is 61.1 Å². The fourth-order valence-corrected chi connectivity index (χ4v) is 4.53. The predicted octanol–water partition coefficient (Wildman–Crippen LogP) is 5.32. The van der Waals surface area contributed by atoms with Crippen LogP contribution in [0.3, 0.4) is 0 Å². The van der Waals surface area contributed by atoms with E-state index in [-0.39, 0.29) is 17.6 Å². The van der Waals surface area contributed by atoms with Crippen LogP contribution in [0.5, 0.6) is 5.75 Å². The smallest absolute Gasteiger partial charge is 0.363 e. The van der Waals surface area contributed by atoms with E-state index in [9.17, 15) is 9.59 Å². The van der Waals surface area contributed by atoms with Gasteiger partial charge in [0.2, 0.25) is 5.90 Å². The van der Waals surface area contributed by atoms with E-state index in [2.05, 4.69) is 66.1 Å². The summed E-state index contributed by atoms with van der Waals surface area (Å²) in [6.07, 6.45) is 1.96. The number of hydrogen-bond donors (Lipinski definition) is 0. The molecule has 0 fully saturated rings. The van der Waals surface area contributed by atoms with E-state index >= 15 is 0 Å². The highest BCUT2D eigenvalue weighted by atomic mass is 127. The summed E-state index contributed by atoms with van der Waals surface area (Å²) in [7, 11) is 0. The third-order valence-electron chi connectivity index (χ3n) is 3.54. The fourth-order valence-electron chi connectivity index (χ4n) is 2.23. The molecule has 0 unspecified atom stereocenters. The first-order valence-electron chi connectivity index (χ1n) is 7.85. The second-order valence-electron chi connectivity index (χ2n) is 5.48. The van der Waals surface area contributed by atoms with Gasteiger partial charge in [-0.25, -0.2) is 9.79 Å². The quantitative estimate of drug-likeness (QED) is 0.194. The maximum Gasteiger partial charge on any atom is 0.363 e. The van der Waals surface area contributed by atoms with Crippen molar-refractivity contribution in [3.05, 3.63) is 64.8 Å². The van der Waals surface area contributed by atoms with E-state index in [0.717, 1.165) is 22.7 Å². The number of carbonyl (C=O) groups excluding carboxylic acids is 2. The first kappa shape index (κ1) is 20.5. The minimum atomic E-state index is -0.501. The molecule has 0 aliphatic carbocycles. The molecule has 0 radical (unpaired) electrons. The zero-order chi connectivity index (χ0) is 19.6. The minimum absolute atomic E-state index is 0.220. The summed E-state index contributed by atoms with van der Waals surface area (Å²) >= 11 is 7.57. The molecule has 138 valence electrons. The summed E-state index contributed by atoms with van der Waals surface area (Å²) in [4.78, 5) is 28.0. The summed E-state index contributed by atoms with van der Waals surface area (Å²) in [5.41, 5.74) is 1.71. The highest BCUT2D eigenvalue weighted by molar-refractivity contribution is 14.1. The summed E-state index contributed by atoms with van der Waals surface area (Å²) in [6, 6.07) is 11.0. The SMILES string of the molecule is CCC(=O)Oc1c(I)cc(/C=C2\N=C(c3ccc(Br)cc3)OC2=O)cc1I. The Hall–Kier alpha value is -1.27. The molecule has 0 bridgehead atoms. The lowest BCUT2D eigenvalue weighted by molar-refractivity contribution is -0.134. The van der Waals surface area contributed by atoms with Gasteiger partial charge in [-0.15, -0.1) is 0 Å². The van der Waals surface area contributed by atoms with Crippen molar-refractivity contribution < 1.29 is 19.1 Å². The van der Waals surface area contributed by atoms with Crippen LogP contribution in [-0.2, 0) is 14.3 Å². The molecular formula is C19H12BrI2NO4. The number of cyclic esters (lactones) is 1. The molecular weight excluding hydrogens is 640 g/mol. The van der Waals surface area contributed by atoms with Gasteiger partial charge in [-0.05, 0) is 93.2 Å². The highest BCUT2D eigenvalue weighted by Crippen LogP contribution is 2.31. The van der Waals surface area contributed by atoms with Crippen LogP contribution in [0.25, 0.3) is 6.08 Å². The van der Waals surface area contributed by atoms with Gasteiger partial charge >= 0.3 is 11.9 Å². The number of hydrogen-bond acceptors (Lipinski definition) is 5. The topological polar surface area (TPSA) is 65.0 Å². The number of rotatable bonds is 4. The standard InChI is InChI=1S/C19H12BrI2NO4/c1-2-16(24)26-17-13(21)7-10(8-14(17)22)9-15-19(25)27-18(23-15)11-3-5-12(20)6-4-11/h3-9H,2H2,1H3/b15-9-. The van der Waals surface area contributed by atoms with Crippen molar-refractivity contribution in [2.45, 2.75) is 13.3 Å². The van der Waals surface area contributed by atoms with Crippen LogP contribution in [0.1, 0.15) is 24.5 Å². The first-order valence-corrected chi connectivity index (χ1v) is 10.8. The molecule has 8 heteroatoms. The van der Waals surface area contributed by atoms with Crippen LogP contribution in [0, 0.1) is 7.14 Å². The molecule has 27 heavy (non-hydrogen) atoms. The first-order chi connectivity index (χ1) is 12.9. The molecule has 5 nitrogen and oxygen atoms in total. The minimum Gasteiger partial charge on any atom is -0.424 e. The van der Waals surface area contributed by atoms with E-state index in [1.807, 2.05) is 36.4 Å². The zero-order valence-corrected chi connectivity index (χ0v) is 19.9. The van der Waals surface area contributed by atoms with E-state index in [1.165, 1.54) is 0 Å². The lowest BCUT2D eigenvalue weighted by Crippen LogP contribution is -2.08. The zero-order valence-electron chi connectivity index (χ0n) is 14.0. The highest BCUT2D eigenvalue weighted by Gasteiger charge is 2.24. The van der Waals surface area contributed by atoms with Crippen molar-refractivity contribution in [3.63, 3.8) is 0 Å². The van der Waals surface area contributed by atoms with E-state index in [1.54, 1.807) is 13.0 Å². The normalized spacial score (nSPS) is 14.9. The Balaban J connectivity index is 1.90. The average Bonchev–Trinajstić information content (AvgIpc) is 2.99. The van der Waals surface area contributed by atoms with Crippen molar-refractivity contribution in [1.29, 1.82) is 0 Å². The molecule has 0 N–H and O–H groups in total. The summed E-state index contributed by atoms with van der Waals surface area (Å²) < 4.78 is 13.1. The number of halogens is 3. The molecule has 0 atom stereocenters. The third-order valence-corrected chi connectivity index (χ3v) is 5.67. The van der Waals surface area contributed by atoms with Crippen molar-refractivity contribution in [1.82, 2.24) is 0 Å². The number of ether oxygens (including phenoxy) is 2. The second-order valence-corrected chi connectivity index (χ2v) is 8.72. The molecule has 0 saturated heterocycles. The van der Waals surface area contributed by atoms with Gasteiger partial charge < -0.3 is 9.47 Å². The summed E-state index contributed by atoms with van der Waals surface area (Å²) in [5.74, 6) is 0.00867. The third kappa shape index (κ3) is 4.96. The lowest BCUT2D eigenvalue weighted by atomic mass is 10.2. The fraction of sp³-hybridized carbons (Fsp3) is 0.105. The summed E-state index contributed by atoms with van der Waals surface area (Å²) in [6.45, 7) is 1.74. The van der Waals surface area contributed by atoms with Gasteiger partial charge in [0.1, 0.15) is 0 Å². The molecule has 0 aromatic heterocycles. The van der Waals surface area contributed by atoms with Crippen molar-refractivity contribution in [2.75, 3.05) is 0 Å². The number of benzene rings is 2. The molecule has 1 heterocycles. The predicted molar refractivity (Wildman–Crippen MR) is 123 cm³/mol. The van der Waals surface area contributed by atoms with Crippen LogP contribution in [0.4, 0.5) is 0 Å². The second kappa shape index (κ2) is 8.82. The van der Waals surface area contributed by atoms with Gasteiger partial charge in [-0.3, -0.25) is 4.79 Å². The maximum atomic E-state index is 12.2. The Labute approximate surface area is 191 Å². The largest absolute Gasteiger partial charge is 0.424 e. The van der Waals surface area contributed by atoms with Gasteiger partial charge in [0.05, 0.1) is 7.14 Å². The van der Waals surface area contributed by atoms with E-state index in [0.29, 0.717) is 12.2 Å². The average molecular weight is 652 g/mol. The van der Waals surface area contributed by atoms with Gasteiger partial charge in [0, 0.05) is 16.5 Å². The molecule has 0 amide bonds. The Morgan fingerprint density at radius 3 is 2.44 bits per heavy atom. The number of aliphatic imine (C=N–C) groups is 1. The molecule has 2 aromatic rings. The molecule has 1 aliphatic rings. The van der Waals surface area contributed by atoms with Gasteiger partial charge in [0.25, 0.3) is 0 Å². The van der Waals surface area contributed by atoms with Gasteiger partial charge in [-0.1, -0.05) is 22.9 Å². The molecule has 0 saturated carbocycles. The Morgan fingerprint density at radius 1 is 1.22 bits per heavy atom. The molecule has 2 aromatic carbocycles. The number of carbonyl (C=O) groups is 2. The van der Waals surface area contributed by atoms with Crippen molar-refractivity contribution >= 4 is 85.0 Å². The molecule has 1 aliphatic heterocycles. The molecule has 3 rings (SSSR count). The maximum absolute atomic E-state index is 12.2. The summed E-state index contributed by atoms with van der Waals surface area (Å²) in [5, 5.41) is 0. The Kier molecular flexibility index (Phi) is 6.69. The monoisotopic (exact) mass is 651 g/mol. The Morgan fingerprint density at radius 2 is 1.85 bits per heavy atom. The van der Waals surface area contributed by atoms with Gasteiger partial charge in [0.15, 0.2) is 11.4 Å². The number of nitrogens with zero attached hydrogens (tertiary/aromatic N) is 1. The number of esters is 2. The van der Waals surface area contributed by atoms with Gasteiger partial charge in [-0.2, -0.15) is 0 Å². The Bertz CT molecular complexity index is 961. The van der Waals surface area contributed by atoms with Crippen LogP contribution in [0.2, 0.25) is 0 Å². The molecule has 0 spiro atoms. The van der Waals surface area contributed by atoms with E-state index < -0.39 is 5.97 Å². The van der Waals surface area contributed by atoms with Crippen LogP contribution in [-0.4, -0.2) is 17.8 Å². The van der Waals surface area contributed by atoms with Crippen LogP contribution in [0.15, 0.2) is 51.6 Å². The van der Waals surface area contributed by atoms with Crippen molar-refractivity contribution in [2.24, 2.45) is 4.99 Å². The van der Waals surface area contributed by atoms with Crippen LogP contribution < -0.4 is 4.74 Å². The van der Waals surface area contributed by atoms with Crippen molar-refractivity contribution in [3.8, 4) is 5.75 Å².